The van der Waals surface area contributed by atoms with Gasteiger partial charge in [0.1, 0.15) is 11.8 Å². The van der Waals surface area contributed by atoms with E-state index in [4.69, 9.17) is 23.2 Å². The molecule has 1 aliphatic rings. The summed E-state index contributed by atoms with van der Waals surface area (Å²) >= 11 is 12.5. The van der Waals surface area contributed by atoms with E-state index in [1.807, 2.05) is 6.07 Å². The number of hydrogen-bond acceptors (Lipinski definition) is 6. The Morgan fingerprint density at radius 3 is 2.46 bits per heavy atom. The quantitative estimate of drug-likeness (QED) is 0.280. The Balaban J connectivity index is 1.63. The lowest BCUT2D eigenvalue weighted by Gasteiger charge is -2.19. The number of halogens is 2. The molecule has 0 aromatic heterocycles. The highest BCUT2D eigenvalue weighted by molar-refractivity contribution is 6.39. The second-order valence-corrected chi connectivity index (χ2v) is 9.16. The van der Waals surface area contributed by atoms with Crippen molar-refractivity contribution in [2.75, 3.05) is 13.1 Å². The fourth-order valence-electron chi connectivity index (χ4n) is 3.85. The number of amides is 2. The van der Waals surface area contributed by atoms with Crippen LogP contribution in [0.5, 0.6) is 5.75 Å². The number of aliphatic hydroxyl groups is 1. The monoisotopic (exact) mass is 523 g/mol. The molecule has 1 heterocycles. The zero-order valence-corrected chi connectivity index (χ0v) is 20.3. The van der Waals surface area contributed by atoms with Gasteiger partial charge >= 0.3 is 5.97 Å². The predicted molar refractivity (Wildman–Crippen MR) is 131 cm³/mol. The molecule has 11 heteroatoms. The summed E-state index contributed by atoms with van der Waals surface area (Å²) < 4.78 is 0. The van der Waals surface area contributed by atoms with E-state index >= 15 is 0 Å². The number of carbonyl (C=O) groups is 3. The second-order valence-electron chi connectivity index (χ2n) is 8.34. The molecule has 0 aliphatic carbocycles. The van der Waals surface area contributed by atoms with Crippen molar-refractivity contribution >= 4 is 41.0 Å². The van der Waals surface area contributed by atoms with Crippen LogP contribution in [0.4, 0.5) is 0 Å². The van der Waals surface area contributed by atoms with Gasteiger partial charge < -0.3 is 31.3 Å². The van der Waals surface area contributed by atoms with Gasteiger partial charge in [0.15, 0.2) is 0 Å². The summed E-state index contributed by atoms with van der Waals surface area (Å²) in [6.45, 7) is 0.411. The Bertz CT molecular complexity index is 1070. The molecule has 1 unspecified atom stereocenters. The van der Waals surface area contributed by atoms with Crippen LogP contribution in [0.15, 0.2) is 36.4 Å². The third kappa shape index (κ3) is 7.32. The number of aliphatic carboxylic acids is 1. The summed E-state index contributed by atoms with van der Waals surface area (Å²) in [7, 11) is 0. The molecule has 2 amide bonds. The van der Waals surface area contributed by atoms with Crippen molar-refractivity contribution in [3.05, 3.63) is 63.1 Å². The first-order valence-corrected chi connectivity index (χ1v) is 11.9. The van der Waals surface area contributed by atoms with Crippen molar-refractivity contribution < 1.29 is 29.7 Å². The first-order valence-electron chi connectivity index (χ1n) is 11.2. The number of carboxylic acid groups (broad SMARTS) is 1. The van der Waals surface area contributed by atoms with E-state index in [1.165, 1.54) is 12.1 Å². The van der Waals surface area contributed by atoms with Gasteiger partial charge in [-0.15, -0.1) is 0 Å². The van der Waals surface area contributed by atoms with Gasteiger partial charge in [0.05, 0.1) is 27.8 Å². The van der Waals surface area contributed by atoms with Crippen LogP contribution in [0.2, 0.25) is 10.0 Å². The van der Waals surface area contributed by atoms with Crippen LogP contribution in [0.25, 0.3) is 0 Å². The van der Waals surface area contributed by atoms with E-state index < -0.39 is 24.0 Å². The molecule has 3 atom stereocenters. The average molecular weight is 524 g/mol. The van der Waals surface area contributed by atoms with Crippen molar-refractivity contribution in [3.8, 4) is 5.75 Å². The smallest absolute Gasteiger partial charge is 0.328 e. The number of hydrogen-bond donors (Lipinski definition) is 6. The minimum absolute atomic E-state index is 0.0512. The van der Waals surface area contributed by atoms with Gasteiger partial charge in [-0.25, -0.2) is 4.79 Å². The molecule has 1 fully saturated rings. The maximum absolute atomic E-state index is 12.8. The maximum Gasteiger partial charge on any atom is 0.328 e. The molecule has 0 saturated carbocycles. The van der Waals surface area contributed by atoms with Crippen LogP contribution in [0, 0.1) is 0 Å². The fraction of sp³-hybridized carbons (Fsp3) is 0.375. The van der Waals surface area contributed by atoms with E-state index in [2.05, 4.69) is 16.0 Å². The highest BCUT2D eigenvalue weighted by Gasteiger charge is 2.27. The molecular weight excluding hydrogens is 497 g/mol. The molecule has 9 nitrogen and oxygen atoms in total. The van der Waals surface area contributed by atoms with Crippen molar-refractivity contribution in [2.24, 2.45) is 0 Å². The normalized spacial score (nSPS) is 16.9. The SMILES string of the molecule is O=C(N[C@@H](CNC(=O)[C@@H]1CCCN1)C(=O)O)c1c(Cl)cc(C(O)CCc2cccc(O)c2)cc1Cl. The summed E-state index contributed by atoms with van der Waals surface area (Å²) in [5.41, 5.74) is 1.10. The molecule has 1 saturated heterocycles. The van der Waals surface area contributed by atoms with Gasteiger partial charge in [-0.2, -0.15) is 0 Å². The van der Waals surface area contributed by atoms with Crippen LogP contribution in [0.3, 0.4) is 0 Å². The number of carboxylic acids is 1. The first-order chi connectivity index (χ1) is 16.7. The fourth-order valence-corrected chi connectivity index (χ4v) is 4.52. The third-order valence-electron chi connectivity index (χ3n) is 5.75. The maximum atomic E-state index is 12.8. The summed E-state index contributed by atoms with van der Waals surface area (Å²) in [6, 6.07) is 7.72. The van der Waals surface area contributed by atoms with Crippen LogP contribution < -0.4 is 16.0 Å². The second kappa shape index (κ2) is 12.2. The number of aromatic hydroxyl groups is 1. The summed E-state index contributed by atoms with van der Waals surface area (Å²) in [5.74, 6) is -2.35. The Kier molecular flexibility index (Phi) is 9.33. The first kappa shape index (κ1) is 26.7. The molecular formula is C24H27Cl2N3O6. The zero-order chi connectivity index (χ0) is 25.5. The lowest BCUT2D eigenvalue weighted by Crippen LogP contribution is -2.51. The van der Waals surface area contributed by atoms with Gasteiger partial charge in [0, 0.05) is 6.54 Å². The number of aryl methyl sites for hydroxylation is 1. The largest absolute Gasteiger partial charge is 0.508 e. The lowest BCUT2D eigenvalue weighted by molar-refractivity contribution is -0.139. The standard InChI is InChI=1S/C24H27Cl2N3O6/c25-16-10-14(20(31)7-6-13-3-1-4-15(30)9-13)11-17(26)21(16)23(33)29-19(24(34)35)12-28-22(32)18-5-2-8-27-18/h1,3-4,9-11,18-20,27,30-31H,2,5-8,12H2,(H,28,32)(H,29,33)(H,34,35)/t18-,19-,20?/m0/s1. The Morgan fingerprint density at radius 1 is 1.14 bits per heavy atom. The van der Waals surface area contributed by atoms with Gasteiger partial charge in [-0.05, 0) is 67.6 Å². The molecule has 0 bridgehead atoms. The van der Waals surface area contributed by atoms with E-state index in [0.29, 0.717) is 31.4 Å². The van der Waals surface area contributed by atoms with Crippen molar-refractivity contribution in [1.82, 2.24) is 16.0 Å². The molecule has 2 aromatic rings. The Morgan fingerprint density at radius 2 is 1.86 bits per heavy atom. The van der Waals surface area contributed by atoms with Gasteiger partial charge in [-0.3, -0.25) is 9.59 Å². The van der Waals surface area contributed by atoms with Crippen molar-refractivity contribution in [3.63, 3.8) is 0 Å². The van der Waals surface area contributed by atoms with E-state index in [0.717, 1.165) is 12.0 Å². The van der Waals surface area contributed by atoms with Gasteiger partial charge in [0.25, 0.3) is 5.91 Å². The molecule has 0 radical (unpaired) electrons. The van der Waals surface area contributed by atoms with Crippen LogP contribution >= 0.6 is 23.2 Å². The minimum atomic E-state index is -1.40. The number of phenolic OH excluding ortho intramolecular Hbond substituents is 1. The molecule has 2 aromatic carbocycles. The van der Waals surface area contributed by atoms with E-state index in [9.17, 15) is 29.7 Å². The third-order valence-corrected chi connectivity index (χ3v) is 6.35. The highest BCUT2D eigenvalue weighted by Crippen LogP contribution is 2.31. The molecule has 6 N–H and O–H groups in total. The van der Waals surface area contributed by atoms with E-state index in [-0.39, 0.29) is 39.9 Å². The van der Waals surface area contributed by atoms with Gasteiger partial charge in [0.2, 0.25) is 5.91 Å². The van der Waals surface area contributed by atoms with E-state index in [1.54, 1.807) is 18.2 Å². The van der Waals surface area contributed by atoms with Crippen LogP contribution in [-0.2, 0) is 16.0 Å². The zero-order valence-electron chi connectivity index (χ0n) is 18.8. The summed E-state index contributed by atoms with van der Waals surface area (Å²) in [5, 5.41) is 37.4. The molecule has 3 rings (SSSR count). The molecule has 35 heavy (non-hydrogen) atoms. The number of rotatable bonds is 10. The summed E-state index contributed by atoms with van der Waals surface area (Å²) in [4.78, 5) is 36.5. The minimum Gasteiger partial charge on any atom is -0.508 e. The number of aliphatic hydroxyl groups excluding tert-OH is 1. The van der Waals surface area contributed by atoms with Crippen molar-refractivity contribution in [1.29, 1.82) is 0 Å². The van der Waals surface area contributed by atoms with Crippen molar-refractivity contribution in [2.45, 2.75) is 43.9 Å². The number of benzene rings is 2. The highest BCUT2D eigenvalue weighted by atomic mass is 35.5. The number of phenols is 1. The molecule has 1 aliphatic heterocycles. The number of nitrogens with one attached hydrogen (secondary N) is 3. The Labute approximate surface area is 212 Å². The topological polar surface area (TPSA) is 148 Å². The van der Waals surface area contributed by atoms with Crippen LogP contribution in [0.1, 0.15) is 46.9 Å². The molecule has 0 spiro atoms. The Hall–Kier alpha value is -2.85. The summed E-state index contributed by atoms with van der Waals surface area (Å²) in [6.07, 6.45) is 1.38. The molecule has 188 valence electrons. The van der Waals surface area contributed by atoms with Crippen LogP contribution in [-0.4, -0.2) is 58.3 Å². The van der Waals surface area contributed by atoms with Gasteiger partial charge in [-0.1, -0.05) is 35.3 Å². The average Bonchev–Trinajstić information content (AvgIpc) is 3.34. The predicted octanol–water partition coefficient (Wildman–Crippen LogP) is 2.42. The number of carbonyl (C=O) groups excluding carboxylic acids is 2. The lowest BCUT2D eigenvalue weighted by atomic mass is 10.00.